The van der Waals surface area contributed by atoms with Crippen molar-refractivity contribution in [3.05, 3.63) is 11.7 Å². The molecule has 0 aromatic carbocycles. The van der Waals surface area contributed by atoms with E-state index >= 15 is 0 Å². The molecular formula is C15H23N3O4. The second kappa shape index (κ2) is 7.19. The number of aromatic nitrogens is 2. The minimum atomic E-state index is 0.0565. The van der Waals surface area contributed by atoms with Gasteiger partial charge in [-0.1, -0.05) is 5.16 Å². The van der Waals surface area contributed by atoms with Gasteiger partial charge >= 0.3 is 0 Å². The summed E-state index contributed by atoms with van der Waals surface area (Å²) in [5.41, 5.74) is 0. The molecule has 1 aromatic rings. The summed E-state index contributed by atoms with van der Waals surface area (Å²) in [6, 6.07) is 0. The maximum atomic E-state index is 11.8. The van der Waals surface area contributed by atoms with E-state index in [1.807, 2.05) is 4.90 Å². The normalized spacial score (nSPS) is 23.1. The number of hydrogen-bond acceptors (Lipinski definition) is 6. The Hall–Kier alpha value is -1.47. The van der Waals surface area contributed by atoms with Crippen LogP contribution in [-0.4, -0.2) is 61.0 Å². The van der Waals surface area contributed by atoms with Gasteiger partial charge in [0.2, 0.25) is 11.8 Å². The summed E-state index contributed by atoms with van der Waals surface area (Å²) in [5, 5.41) is 4.11. The van der Waals surface area contributed by atoms with Gasteiger partial charge < -0.3 is 18.9 Å². The van der Waals surface area contributed by atoms with Crippen molar-refractivity contribution in [1.29, 1.82) is 0 Å². The van der Waals surface area contributed by atoms with Crippen molar-refractivity contribution in [2.45, 2.75) is 31.6 Å². The van der Waals surface area contributed by atoms with E-state index in [0.29, 0.717) is 11.8 Å². The number of rotatable bonds is 5. The zero-order valence-electron chi connectivity index (χ0n) is 13.0. The molecule has 1 aromatic heterocycles. The number of ether oxygens (including phenoxy) is 2. The Morgan fingerprint density at radius 1 is 1.36 bits per heavy atom. The average Bonchev–Trinajstić information content (AvgIpc) is 3.18. The van der Waals surface area contributed by atoms with E-state index in [4.69, 9.17) is 14.0 Å². The lowest BCUT2D eigenvalue weighted by molar-refractivity contribution is -0.134. The van der Waals surface area contributed by atoms with Crippen LogP contribution < -0.4 is 0 Å². The van der Waals surface area contributed by atoms with E-state index < -0.39 is 0 Å². The molecule has 2 aliphatic rings. The van der Waals surface area contributed by atoms with Crippen LogP contribution in [0, 0.1) is 5.92 Å². The van der Waals surface area contributed by atoms with Crippen LogP contribution in [0.2, 0.25) is 0 Å². The molecule has 3 rings (SSSR count). The van der Waals surface area contributed by atoms with E-state index in [-0.39, 0.29) is 12.5 Å². The lowest BCUT2D eigenvalue weighted by atomic mass is 10.0. The number of nitrogens with zero attached hydrogens (tertiary/aromatic N) is 3. The number of methoxy groups -OCH3 is 1. The minimum absolute atomic E-state index is 0.0565. The standard InChI is InChI=1S/C15H23N3O4/c1-20-10-14(19)18-5-2-11(9-18)8-13-16-15(22-17-13)12-3-6-21-7-4-12/h11-12H,2-10H2,1H3. The number of amides is 1. The number of carbonyl (C=O) groups is 1. The van der Waals surface area contributed by atoms with Gasteiger partial charge in [-0.15, -0.1) is 0 Å². The monoisotopic (exact) mass is 309 g/mol. The SMILES string of the molecule is COCC(=O)N1CCC(Cc2noc(C3CCOCC3)n2)C1. The first-order chi connectivity index (χ1) is 10.8. The lowest BCUT2D eigenvalue weighted by Crippen LogP contribution is -2.31. The van der Waals surface area contributed by atoms with E-state index in [1.54, 1.807) is 7.11 Å². The molecule has 2 fully saturated rings. The molecule has 1 atom stereocenters. The molecule has 1 amide bonds. The first-order valence-electron chi connectivity index (χ1n) is 7.93. The molecule has 7 nitrogen and oxygen atoms in total. The highest BCUT2D eigenvalue weighted by Crippen LogP contribution is 2.26. The van der Waals surface area contributed by atoms with Crippen molar-refractivity contribution < 1.29 is 18.8 Å². The Bertz CT molecular complexity index is 499. The zero-order chi connectivity index (χ0) is 15.4. The van der Waals surface area contributed by atoms with Crippen molar-refractivity contribution in [2.75, 3.05) is 40.0 Å². The third-order valence-electron chi connectivity index (χ3n) is 4.43. The van der Waals surface area contributed by atoms with Crippen molar-refractivity contribution in [2.24, 2.45) is 5.92 Å². The predicted octanol–water partition coefficient (Wildman–Crippen LogP) is 1.00. The van der Waals surface area contributed by atoms with Crippen molar-refractivity contribution >= 4 is 5.91 Å². The fraction of sp³-hybridized carbons (Fsp3) is 0.800. The average molecular weight is 309 g/mol. The third kappa shape index (κ3) is 3.64. The number of hydrogen-bond donors (Lipinski definition) is 0. The van der Waals surface area contributed by atoms with Gasteiger partial charge in [0, 0.05) is 45.8 Å². The summed E-state index contributed by atoms with van der Waals surface area (Å²) in [6.07, 6.45) is 3.65. The quantitative estimate of drug-likeness (QED) is 0.807. The van der Waals surface area contributed by atoms with Gasteiger partial charge in [0.25, 0.3) is 0 Å². The number of carbonyl (C=O) groups excluding carboxylic acids is 1. The third-order valence-corrected chi connectivity index (χ3v) is 4.43. The molecule has 0 radical (unpaired) electrons. The van der Waals surface area contributed by atoms with Crippen LogP contribution in [0.25, 0.3) is 0 Å². The first kappa shape index (κ1) is 15.4. The molecular weight excluding hydrogens is 286 g/mol. The fourth-order valence-electron chi connectivity index (χ4n) is 3.16. The highest BCUT2D eigenvalue weighted by atomic mass is 16.5. The van der Waals surface area contributed by atoms with E-state index in [9.17, 15) is 4.79 Å². The largest absolute Gasteiger partial charge is 0.381 e. The zero-order valence-corrected chi connectivity index (χ0v) is 13.0. The topological polar surface area (TPSA) is 77.7 Å². The Kier molecular flexibility index (Phi) is 5.04. The van der Waals surface area contributed by atoms with Gasteiger partial charge in [0.05, 0.1) is 0 Å². The molecule has 2 saturated heterocycles. The van der Waals surface area contributed by atoms with E-state index in [1.165, 1.54) is 0 Å². The van der Waals surface area contributed by atoms with Gasteiger partial charge in [-0.2, -0.15) is 4.98 Å². The molecule has 0 aliphatic carbocycles. The Labute approximate surface area is 129 Å². The summed E-state index contributed by atoms with van der Waals surface area (Å²) in [4.78, 5) is 18.2. The molecule has 2 aliphatic heterocycles. The van der Waals surface area contributed by atoms with Crippen LogP contribution in [0.4, 0.5) is 0 Å². The molecule has 1 unspecified atom stereocenters. The number of likely N-dealkylation sites (tertiary alicyclic amines) is 1. The fourth-order valence-corrected chi connectivity index (χ4v) is 3.16. The summed E-state index contributed by atoms with van der Waals surface area (Å²) < 4.78 is 15.7. The van der Waals surface area contributed by atoms with Gasteiger partial charge in [-0.25, -0.2) is 0 Å². The molecule has 7 heteroatoms. The van der Waals surface area contributed by atoms with Crippen molar-refractivity contribution in [1.82, 2.24) is 15.0 Å². The van der Waals surface area contributed by atoms with E-state index in [2.05, 4.69) is 10.1 Å². The maximum absolute atomic E-state index is 11.8. The summed E-state index contributed by atoms with van der Waals surface area (Å²) in [7, 11) is 1.54. The van der Waals surface area contributed by atoms with Gasteiger partial charge in [-0.3, -0.25) is 4.79 Å². The van der Waals surface area contributed by atoms with Crippen LogP contribution in [0.1, 0.15) is 36.9 Å². The van der Waals surface area contributed by atoms with Gasteiger partial charge in [0.1, 0.15) is 6.61 Å². The van der Waals surface area contributed by atoms with Gasteiger partial charge in [-0.05, 0) is 25.2 Å². The van der Waals surface area contributed by atoms with Crippen molar-refractivity contribution in [3.63, 3.8) is 0 Å². The Morgan fingerprint density at radius 3 is 2.95 bits per heavy atom. The Balaban J connectivity index is 1.51. The molecule has 122 valence electrons. The second-order valence-corrected chi connectivity index (χ2v) is 6.07. The van der Waals surface area contributed by atoms with Crippen LogP contribution >= 0.6 is 0 Å². The smallest absolute Gasteiger partial charge is 0.248 e. The Morgan fingerprint density at radius 2 is 2.18 bits per heavy atom. The molecule has 0 bridgehead atoms. The molecule has 3 heterocycles. The minimum Gasteiger partial charge on any atom is -0.381 e. The lowest BCUT2D eigenvalue weighted by Gasteiger charge is -2.18. The maximum Gasteiger partial charge on any atom is 0.248 e. The summed E-state index contributed by atoms with van der Waals surface area (Å²) in [6.45, 7) is 3.23. The van der Waals surface area contributed by atoms with Crippen LogP contribution in [0.15, 0.2) is 4.52 Å². The predicted molar refractivity (Wildman–Crippen MR) is 77.4 cm³/mol. The highest BCUT2D eigenvalue weighted by Gasteiger charge is 2.28. The molecule has 0 spiro atoms. The second-order valence-electron chi connectivity index (χ2n) is 6.07. The summed E-state index contributed by atoms with van der Waals surface area (Å²) >= 11 is 0. The van der Waals surface area contributed by atoms with E-state index in [0.717, 1.165) is 63.7 Å². The molecule has 22 heavy (non-hydrogen) atoms. The van der Waals surface area contributed by atoms with Crippen molar-refractivity contribution in [3.8, 4) is 0 Å². The summed E-state index contributed by atoms with van der Waals surface area (Å²) in [5.74, 6) is 2.29. The molecule has 0 saturated carbocycles. The van der Waals surface area contributed by atoms with Gasteiger partial charge in [0.15, 0.2) is 5.82 Å². The highest BCUT2D eigenvalue weighted by molar-refractivity contribution is 5.77. The molecule has 0 N–H and O–H groups in total. The van der Waals surface area contributed by atoms with Crippen LogP contribution in [0.5, 0.6) is 0 Å². The van der Waals surface area contributed by atoms with Crippen LogP contribution in [0.3, 0.4) is 0 Å². The first-order valence-corrected chi connectivity index (χ1v) is 7.93. The van der Waals surface area contributed by atoms with Crippen LogP contribution in [-0.2, 0) is 20.7 Å².